The van der Waals surface area contributed by atoms with Crippen LogP contribution in [-0.2, 0) is 11.4 Å². The van der Waals surface area contributed by atoms with E-state index in [2.05, 4.69) is 17.0 Å². The van der Waals surface area contributed by atoms with Crippen molar-refractivity contribution in [2.45, 2.75) is 6.61 Å². The summed E-state index contributed by atoms with van der Waals surface area (Å²) in [5.41, 5.74) is 2.04. The molecule has 0 bridgehead atoms. The van der Waals surface area contributed by atoms with E-state index >= 15 is 0 Å². The summed E-state index contributed by atoms with van der Waals surface area (Å²) in [6, 6.07) is 9.79. The smallest absolute Gasteiger partial charge is 0.142 e. The molecule has 4 heteroatoms. The second-order valence-electron chi connectivity index (χ2n) is 3.02. The molecule has 15 heavy (non-hydrogen) atoms. The molecule has 0 amide bonds. The molecule has 0 atom stereocenters. The Hall–Kier alpha value is -2.10. The largest absolute Gasteiger partial charge is 0.391 e. The fraction of sp³-hybridized carbons (Fsp3) is 0.0909. The number of aromatic nitrogens is 2. The van der Waals surface area contributed by atoms with Gasteiger partial charge in [-0.15, -0.1) is 5.16 Å². The number of oxime groups is 1. The summed E-state index contributed by atoms with van der Waals surface area (Å²) >= 11 is 0. The van der Waals surface area contributed by atoms with E-state index in [-0.39, 0.29) is 0 Å². The normalized spacial score (nSPS) is 9.87. The lowest BCUT2D eigenvalue weighted by molar-refractivity contribution is 0.133. The summed E-state index contributed by atoms with van der Waals surface area (Å²) < 4.78 is 1.80. The Morgan fingerprint density at radius 2 is 2.33 bits per heavy atom. The molecule has 0 saturated carbocycles. The second kappa shape index (κ2) is 4.41. The molecule has 2 rings (SSSR count). The third-order valence-electron chi connectivity index (χ3n) is 2.00. The topological polar surface area (TPSA) is 39.4 Å². The van der Waals surface area contributed by atoms with Gasteiger partial charge in [0.25, 0.3) is 0 Å². The van der Waals surface area contributed by atoms with Crippen LogP contribution in [0.25, 0.3) is 5.69 Å². The van der Waals surface area contributed by atoms with Crippen molar-refractivity contribution in [3.63, 3.8) is 0 Å². The predicted molar refractivity (Wildman–Crippen MR) is 57.9 cm³/mol. The van der Waals surface area contributed by atoms with Gasteiger partial charge in [0.1, 0.15) is 6.61 Å². The molecule has 0 unspecified atom stereocenters. The zero-order chi connectivity index (χ0) is 10.5. The number of hydrogen-bond acceptors (Lipinski definition) is 3. The summed E-state index contributed by atoms with van der Waals surface area (Å²) in [6.45, 7) is 3.69. The molecule has 4 nitrogen and oxygen atoms in total. The van der Waals surface area contributed by atoms with Crippen molar-refractivity contribution in [1.82, 2.24) is 9.78 Å². The minimum Gasteiger partial charge on any atom is -0.391 e. The molecule has 0 radical (unpaired) electrons. The average Bonchev–Trinajstić information content (AvgIpc) is 2.80. The van der Waals surface area contributed by atoms with E-state index in [1.54, 1.807) is 10.9 Å². The van der Waals surface area contributed by atoms with Crippen molar-refractivity contribution in [2.75, 3.05) is 0 Å². The van der Waals surface area contributed by atoms with Crippen molar-refractivity contribution in [3.8, 4) is 5.69 Å². The van der Waals surface area contributed by atoms with Crippen LogP contribution in [0.2, 0.25) is 0 Å². The maximum absolute atomic E-state index is 4.88. The van der Waals surface area contributed by atoms with Crippen molar-refractivity contribution in [3.05, 3.63) is 48.3 Å². The first-order valence-electron chi connectivity index (χ1n) is 4.57. The van der Waals surface area contributed by atoms with Crippen molar-refractivity contribution in [1.29, 1.82) is 0 Å². The van der Waals surface area contributed by atoms with Crippen molar-refractivity contribution >= 4 is 6.72 Å². The second-order valence-corrected chi connectivity index (χ2v) is 3.02. The minimum absolute atomic E-state index is 0.429. The van der Waals surface area contributed by atoms with E-state index < -0.39 is 0 Å². The molecule has 0 saturated heterocycles. The number of benzene rings is 1. The van der Waals surface area contributed by atoms with Gasteiger partial charge < -0.3 is 4.84 Å². The molecule has 0 aliphatic carbocycles. The molecule has 0 N–H and O–H groups in total. The standard InChI is InChI=1S/C11H11N3O/c1-12-15-9-10-4-2-5-11(8-10)14-7-3-6-13-14/h2-8H,1,9H2. The van der Waals surface area contributed by atoms with E-state index in [9.17, 15) is 0 Å². The van der Waals surface area contributed by atoms with Gasteiger partial charge in [-0.05, 0) is 23.8 Å². The molecular formula is C11H11N3O. The van der Waals surface area contributed by atoms with Gasteiger partial charge in [-0.1, -0.05) is 12.1 Å². The summed E-state index contributed by atoms with van der Waals surface area (Å²) in [7, 11) is 0. The molecule has 1 aromatic carbocycles. The van der Waals surface area contributed by atoms with Crippen LogP contribution >= 0.6 is 0 Å². The van der Waals surface area contributed by atoms with E-state index in [4.69, 9.17) is 4.84 Å². The van der Waals surface area contributed by atoms with Gasteiger partial charge in [0.15, 0.2) is 0 Å². The Morgan fingerprint density at radius 3 is 3.07 bits per heavy atom. The van der Waals surface area contributed by atoms with Gasteiger partial charge in [0.2, 0.25) is 0 Å². The highest BCUT2D eigenvalue weighted by molar-refractivity contribution is 5.34. The average molecular weight is 201 g/mol. The van der Waals surface area contributed by atoms with Crippen LogP contribution in [0.15, 0.2) is 47.9 Å². The van der Waals surface area contributed by atoms with Crippen LogP contribution in [-0.4, -0.2) is 16.5 Å². The molecule has 0 fully saturated rings. The molecule has 1 aromatic heterocycles. The van der Waals surface area contributed by atoms with Crippen molar-refractivity contribution in [2.24, 2.45) is 5.16 Å². The molecule has 1 heterocycles. The Kier molecular flexibility index (Phi) is 2.78. The highest BCUT2D eigenvalue weighted by atomic mass is 16.6. The zero-order valence-electron chi connectivity index (χ0n) is 8.21. The zero-order valence-corrected chi connectivity index (χ0v) is 8.21. The SMILES string of the molecule is C=NOCc1cccc(-n2cccn2)c1. The van der Waals surface area contributed by atoms with Gasteiger partial charge in [-0.3, -0.25) is 0 Å². The summed E-state index contributed by atoms with van der Waals surface area (Å²) in [6.07, 6.45) is 3.64. The minimum atomic E-state index is 0.429. The molecule has 0 aliphatic rings. The van der Waals surface area contributed by atoms with E-state index in [0.29, 0.717) is 6.61 Å². The fourth-order valence-corrected chi connectivity index (χ4v) is 1.33. The van der Waals surface area contributed by atoms with Crippen LogP contribution < -0.4 is 0 Å². The van der Waals surface area contributed by atoms with Gasteiger partial charge in [-0.2, -0.15) is 5.10 Å². The highest BCUT2D eigenvalue weighted by Gasteiger charge is 1.98. The quantitative estimate of drug-likeness (QED) is 0.560. The van der Waals surface area contributed by atoms with Crippen LogP contribution in [0.4, 0.5) is 0 Å². The lowest BCUT2D eigenvalue weighted by Crippen LogP contribution is -1.95. The summed E-state index contributed by atoms with van der Waals surface area (Å²) in [5, 5.41) is 7.50. The number of hydrogen-bond donors (Lipinski definition) is 0. The predicted octanol–water partition coefficient (Wildman–Crippen LogP) is 2.00. The van der Waals surface area contributed by atoms with E-state index in [1.165, 1.54) is 0 Å². The first kappa shape index (κ1) is 9.45. The third-order valence-corrected chi connectivity index (χ3v) is 2.00. The first-order chi connectivity index (χ1) is 7.40. The van der Waals surface area contributed by atoms with Crippen LogP contribution in [0.1, 0.15) is 5.56 Å². The summed E-state index contributed by atoms with van der Waals surface area (Å²) in [5.74, 6) is 0. The molecule has 2 aromatic rings. The van der Waals surface area contributed by atoms with Gasteiger partial charge in [0, 0.05) is 19.1 Å². The van der Waals surface area contributed by atoms with Gasteiger partial charge in [-0.25, -0.2) is 4.68 Å². The Morgan fingerprint density at radius 1 is 1.40 bits per heavy atom. The third kappa shape index (κ3) is 2.22. The Balaban J connectivity index is 2.23. The summed E-state index contributed by atoms with van der Waals surface area (Å²) in [4.78, 5) is 4.88. The molecule has 0 aliphatic heterocycles. The highest BCUT2D eigenvalue weighted by Crippen LogP contribution is 2.10. The van der Waals surface area contributed by atoms with Crippen LogP contribution in [0.3, 0.4) is 0 Å². The number of rotatable bonds is 4. The molecular weight excluding hydrogens is 190 g/mol. The van der Waals surface area contributed by atoms with E-state index in [1.807, 2.05) is 36.5 Å². The maximum atomic E-state index is 4.88. The lowest BCUT2D eigenvalue weighted by atomic mass is 10.2. The fourth-order valence-electron chi connectivity index (χ4n) is 1.33. The maximum Gasteiger partial charge on any atom is 0.142 e. The van der Waals surface area contributed by atoms with Crippen LogP contribution in [0.5, 0.6) is 0 Å². The van der Waals surface area contributed by atoms with Gasteiger partial charge in [0.05, 0.1) is 5.69 Å². The van der Waals surface area contributed by atoms with E-state index in [0.717, 1.165) is 11.3 Å². The monoisotopic (exact) mass is 201 g/mol. The van der Waals surface area contributed by atoms with Crippen LogP contribution in [0, 0.1) is 0 Å². The lowest BCUT2D eigenvalue weighted by Gasteiger charge is -2.04. The van der Waals surface area contributed by atoms with Crippen molar-refractivity contribution < 1.29 is 4.84 Å². The molecule has 76 valence electrons. The molecule has 0 spiro atoms. The van der Waals surface area contributed by atoms with Gasteiger partial charge >= 0.3 is 0 Å². The Labute approximate surface area is 87.8 Å². The Bertz CT molecular complexity index is 437. The number of nitrogens with zero attached hydrogens (tertiary/aromatic N) is 3. The first-order valence-corrected chi connectivity index (χ1v) is 4.57.